The number of hydrogen-bond donors (Lipinski definition) is 2. The molecule has 0 unspecified atom stereocenters. The Labute approximate surface area is 84.1 Å². The second-order valence-corrected chi connectivity index (χ2v) is 3.31. The second kappa shape index (κ2) is 5.42. The van der Waals surface area contributed by atoms with Gasteiger partial charge in [0.05, 0.1) is 12.2 Å². The van der Waals surface area contributed by atoms with E-state index in [4.69, 9.17) is 0 Å². The fourth-order valence-corrected chi connectivity index (χ4v) is 1.37. The van der Waals surface area contributed by atoms with Crippen LogP contribution in [0.4, 0.5) is 0 Å². The monoisotopic (exact) mass is 195 g/mol. The molecular formula is C10H17N3O. The summed E-state index contributed by atoms with van der Waals surface area (Å²) in [4.78, 5) is 11.6. The zero-order chi connectivity index (χ0) is 10.4. The summed E-state index contributed by atoms with van der Waals surface area (Å²) in [5.74, 6) is 0.266. The van der Waals surface area contributed by atoms with E-state index in [0.717, 1.165) is 18.5 Å². The van der Waals surface area contributed by atoms with Crippen LogP contribution in [0, 0.1) is 5.92 Å². The fraction of sp³-hybridized carbons (Fsp3) is 0.600. The summed E-state index contributed by atoms with van der Waals surface area (Å²) in [6, 6.07) is 1.85. The van der Waals surface area contributed by atoms with Crippen LogP contribution in [0.3, 0.4) is 0 Å². The summed E-state index contributed by atoms with van der Waals surface area (Å²) in [6.07, 6.45) is 3.47. The van der Waals surface area contributed by atoms with E-state index in [1.165, 1.54) is 0 Å². The lowest BCUT2D eigenvalue weighted by molar-refractivity contribution is -0.125. The highest BCUT2D eigenvalue weighted by Gasteiger charge is 2.13. The van der Waals surface area contributed by atoms with Crippen molar-refractivity contribution in [2.24, 2.45) is 5.92 Å². The lowest BCUT2D eigenvalue weighted by Crippen LogP contribution is -2.29. The molecular weight excluding hydrogens is 178 g/mol. The average Bonchev–Trinajstić information content (AvgIpc) is 2.69. The largest absolute Gasteiger partial charge is 0.350 e. The summed E-state index contributed by atoms with van der Waals surface area (Å²) in [6.45, 7) is 4.60. The predicted octanol–water partition coefficient (Wildman–Crippen LogP) is 1.46. The Kier molecular flexibility index (Phi) is 4.16. The van der Waals surface area contributed by atoms with Gasteiger partial charge in [-0.15, -0.1) is 0 Å². The number of aromatic nitrogens is 2. The predicted molar refractivity (Wildman–Crippen MR) is 54.5 cm³/mol. The van der Waals surface area contributed by atoms with E-state index in [-0.39, 0.29) is 11.8 Å². The van der Waals surface area contributed by atoms with E-state index in [1.54, 1.807) is 6.20 Å². The molecule has 0 bridgehead atoms. The van der Waals surface area contributed by atoms with E-state index in [0.29, 0.717) is 6.54 Å². The van der Waals surface area contributed by atoms with E-state index >= 15 is 0 Å². The summed E-state index contributed by atoms with van der Waals surface area (Å²) < 4.78 is 0. The highest BCUT2D eigenvalue weighted by molar-refractivity contribution is 5.78. The lowest BCUT2D eigenvalue weighted by Gasteiger charge is -2.11. The molecule has 4 heteroatoms. The Morgan fingerprint density at radius 3 is 2.79 bits per heavy atom. The molecule has 1 rings (SSSR count). The van der Waals surface area contributed by atoms with Crippen molar-refractivity contribution < 1.29 is 4.79 Å². The molecule has 1 aromatic rings. The Bertz CT molecular complexity index is 265. The van der Waals surface area contributed by atoms with Crippen molar-refractivity contribution in [3.63, 3.8) is 0 Å². The van der Waals surface area contributed by atoms with Crippen molar-refractivity contribution in [1.82, 2.24) is 15.5 Å². The molecule has 0 spiro atoms. The molecule has 1 aromatic heterocycles. The van der Waals surface area contributed by atoms with Gasteiger partial charge in [-0.1, -0.05) is 13.8 Å². The Morgan fingerprint density at radius 1 is 1.57 bits per heavy atom. The number of aromatic amines is 1. The van der Waals surface area contributed by atoms with Crippen molar-refractivity contribution in [1.29, 1.82) is 0 Å². The van der Waals surface area contributed by atoms with Crippen molar-refractivity contribution in [3.05, 3.63) is 18.0 Å². The van der Waals surface area contributed by atoms with E-state index in [1.807, 2.05) is 19.9 Å². The number of rotatable bonds is 5. The summed E-state index contributed by atoms with van der Waals surface area (Å²) in [7, 11) is 0. The molecule has 0 saturated carbocycles. The maximum absolute atomic E-state index is 11.6. The first-order valence-corrected chi connectivity index (χ1v) is 5.03. The van der Waals surface area contributed by atoms with Gasteiger partial charge in [-0.3, -0.25) is 9.89 Å². The van der Waals surface area contributed by atoms with Gasteiger partial charge in [-0.2, -0.15) is 5.10 Å². The first kappa shape index (κ1) is 10.8. The van der Waals surface area contributed by atoms with Gasteiger partial charge in [0.1, 0.15) is 0 Å². The van der Waals surface area contributed by atoms with Crippen LogP contribution in [-0.2, 0) is 11.3 Å². The summed E-state index contributed by atoms with van der Waals surface area (Å²) in [5.41, 5.74) is 0.935. The molecule has 0 atom stereocenters. The third kappa shape index (κ3) is 2.87. The Hall–Kier alpha value is -1.32. The maximum atomic E-state index is 11.6. The zero-order valence-corrected chi connectivity index (χ0v) is 8.71. The molecule has 0 fully saturated rings. The lowest BCUT2D eigenvalue weighted by atomic mass is 10.0. The van der Waals surface area contributed by atoms with Gasteiger partial charge in [-0.25, -0.2) is 0 Å². The normalized spacial score (nSPS) is 10.5. The Balaban J connectivity index is 2.34. The molecule has 14 heavy (non-hydrogen) atoms. The van der Waals surface area contributed by atoms with Gasteiger partial charge in [0, 0.05) is 12.1 Å². The van der Waals surface area contributed by atoms with Crippen LogP contribution in [0.25, 0.3) is 0 Å². The smallest absolute Gasteiger partial charge is 0.223 e. The van der Waals surface area contributed by atoms with Gasteiger partial charge in [0.15, 0.2) is 0 Å². The topological polar surface area (TPSA) is 57.8 Å². The first-order valence-electron chi connectivity index (χ1n) is 5.03. The average molecular weight is 195 g/mol. The van der Waals surface area contributed by atoms with Gasteiger partial charge in [0.25, 0.3) is 0 Å². The number of carbonyl (C=O) groups excluding carboxylic acids is 1. The van der Waals surface area contributed by atoms with Crippen molar-refractivity contribution in [2.75, 3.05) is 0 Å². The molecule has 4 nitrogen and oxygen atoms in total. The molecule has 1 amide bonds. The molecule has 78 valence electrons. The Morgan fingerprint density at radius 2 is 2.29 bits per heavy atom. The number of hydrogen-bond acceptors (Lipinski definition) is 2. The number of nitrogens with zero attached hydrogens (tertiary/aromatic N) is 1. The first-order chi connectivity index (χ1) is 6.77. The molecule has 2 N–H and O–H groups in total. The van der Waals surface area contributed by atoms with Crippen LogP contribution in [0.2, 0.25) is 0 Å². The molecule has 1 heterocycles. The van der Waals surface area contributed by atoms with Crippen LogP contribution in [0.5, 0.6) is 0 Å². The standard InChI is InChI=1S/C10H17N3O/c1-3-8(4-2)10(14)11-7-9-5-6-12-13-9/h5-6,8H,3-4,7H2,1-2H3,(H,11,14)(H,12,13). The number of carbonyl (C=O) groups is 1. The minimum absolute atomic E-state index is 0.129. The minimum atomic E-state index is 0.129. The van der Waals surface area contributed by atoms with Crippen molar-refractivity contribution in [3.8, 4) is 0 Å². The SMILES string of the molecule is CCC(CC)C(=O)NCc1ccn[nH]1. The van der Waals surface area contributed by atoms with Crippen LogP contribution >= 0.6 is 0 Å². The van der Waals surface area contributed by atoms with E-state index in [9.17, 15) is 4.79 Å². The van der Waals surface area contributed by atoms with Crippen LogP contribution in [-0.4, -0.2) is 16.1 Å². The fourth-order valence-electron chi connectivity index (χ4n) is 1.37. The molecule has 0 aliphatic carbocycles. The van der Waals surface area contributed by atoms with Crippen molar-refractivity contribution >= 4 is 5.91 Å². The van der Waals surface area contributed by atoms with Gasteiger partial charge >= 0.3 is 0 Å². The number of amides is 1. The highest BCUT2D eigenvalue weighted by Crippen LogP contribution is 2.07. The van der Waals surface area contributed by atoms with Gasteiger partial charge < -0.3 is 5.32 Å². The van der Waals surface area contributed by atoms with Crippen LogP contribution < -0.4 is 5.32 Å². The van der Waals surface area contributed by atoms with E-state index in [2.05, 4.69) is 15.5 Å². The van der Waals surface area contributed by atoms with Crippen molar-refractivity contribution in [2.45, 2.75) is 33.2 Å². The molecule has 0 aromatic carbocycles. The highest BCUT2D eigenvalue weighted by atomic mass is 16.1. The van der Waals surface area contributed by atoms with Crippen LogP contribution in [0.1, 0.15) is 32.4 Å². The van der Waals surface area contributed by atoms with Gasteiger partial charge in [0.2, 0.25) is 5.91 Å². The third-order valence-corrected chi connectivity index (χ3v) is 2.37. The van der Waals surface area contributed by atoms with E-state index < -0.39 is 0 Å². The maximum Gasteiger partial charge on any atom is 0.223 e. The zero-order valence-electron chi connectivity index (χ0n) is 8.71. The molecule has 0 aliphatic heterocycles. The number of nitrogens with one attached hydrogen (secondary N) is 2. The molecule has 0 radical (unpaired) electrons. The quantitative estimate of drug-likeness (QED) is 0.747. The van der Waals surface area contributed by atoms with Crippen LogP contribution in [0.15, 0.2) is 12.3 Å². The summed E-state index contributed by atoms with van der Waals surface area (Å²) >= 11 is 0. The molecule has 0 saturated heterocycles. The second-order valence-electron chi connectivity index (χ2n) is 3.31. The minimum Gasteiger partial charge on any atom is -0.350 e. The summed E-state index contributed by atoms with van der Waals surface area (Å²) in [5, 5.41) is 9.49. The third-order valence-electron chi connectivity index (χ3n) is 2.37. The number of H-pyrrole nitrogens is 1. The molecule has 0 aliphatic rings. The van der Waals surface area contributed by atoms with Gasteiger partial charge in [-0.05, 0) is 18.9 Å².